The van der Waals surface area contributed by atoms with Gasteiger partial charge in [-0.15, -0.1) is 0 Å². The van der Waals surface area contributed by atoms with Gasteiger partial charge in [-0.3, -0.25) is 9.69 Å². The van der Waals surface area contributed by atoms with Crippen LogP contribution in [0.4, 0.5) is 0 Å². The molecule has 2 rings (SSSR count). The summed E-state index contributed by atoms with van der Waals surface area (Å²) >= 11 is 3.35. The third kappa shape index (κ3) is 5.09. The number of carbonyl (C=O) groups is 1. The molecule has 7 heteroatoms. The number of nitrogens with zero attached hydrogens (tertiary/aromatic N) is 2. The minimum Gasteiger partial charge on any atom is -0.336 e. The van der Waals surface area contributed by atoms with Crippen molar-refractivity contribution in [2.75, 3.05) is 44.7 Å². The lowest BCUT2D eigenvalue weighted by Gasteiger charge is -2.34. The van der Waals surface area contributed by atoms with Gasteiger partial charge in [-0.2, -0.15) is 0 Å². The van der Waals surface area contributed by atoms with Crippen molar-refractivity contribution in [1.82, 2.24) is 9.80 Å². The van der Waals surface area contributed by atoms with Gasteiger partial charge in [0.25, 0.3) is 5.91 Å². The Morgan fingerprint density at radius 3 is 2.24 bits per heavy atom. The molecule has 0 saturated carbocycles. The molecule has 1 aliphatic rings. The average Bonchev–Trinajstić information content (AvgIpc) is 2.45. The molecule has 0 bridgehead atoms. The number of benzene rings is 1. The SMILES string of the molecule is CS(=O)(=O)CCN1CCN(C(=O)c2ccc(Br)cc2)CC1. The molecule has 1 aromatic rings. The van der Waals surface area contributed by atoms with Crippen LogP contribution in [-0.2, 0) is 9.84 Å². The van der Waals surface area contributed by atoms with E-state index in [2.05, 4.69) is 20.8 Å². The molecule has 21 heavy (non-hydrogen) atoms. The van der Waals surface area contributed by atoms with E-state index in [1.165, 1.54) is 6.26 Å². The smallest absolute Gasteiger partial charge is 0.253 e. The van der Waals surface area contributed by atoms with Crippen molar-refractivity contribution < 1.29 is 13.2 Å². The number of piperazine rings is 1. The van der Waals surface area contributed by atoms with Crippen LogP contribution < -0.4 is 0 Å². The summed E-state index contributed by atoms with van der Waals surface area (Å²) in [5, 5.41) is 0. The number of halogens is 1. The highest BCUT2D eigenvalue weighted by atomic mass is 79.9. The van der Waals surface area contributed by atoms with Gasteiger partial charge in [0.2, 0.25) is 0 Å². The molecular formula is C14H19BrN2O3S. The minimum absolute atomic E-state index is 0.0327. The predicted octanol–water partition coefficient (Wildman–Crippen LogP) is 1.25. The second-order valence-corrected chi connectivity index (χ2v) is 8.45. The van der Waals surface area contributed by atoms with Crippen LogP contribution in [0.5, 0.6) is 0 Å². The van der Waals surface area contributed by atoms with E-state index in [-0.39, 0.29) is 11.7 Å². The number of hydrogen-bond acceptors (Lipinski definition) is 4. The molecule has 116 valence electrons. The van der Waals surface area contributed by atoms with Gasteiger partial charge >= 0.3 is 0 Å². The van der Waals surface area contributed by atoms with E-state index in [1.807, 2.05) is 29.2 Å². The molecule has 0 N–H and O–H groups in total. The zero-order chi connectivity index (χ0) is 15.5. The van der Waals surface area contributed by atoms with E-state index in [0.29, 0.717) is 25.2 Å². The Labute approximate surface area is 134 Å². The molecule has 0 atom stereocenters. The normalized spacial score (nSPS) is 17.0. The molecule has 1 heterocycles. The minimum atomic E-state index is -2.93. The summed E-state index contributed by atoms with van der Waals surface area (Å²) in [6.45, 7) is 3.26. The highest BCUT2D eigenvalue weighted by molar-refractivity contribution is 9.10. The maximum absolute atomic E-state index is 12.3. The van der Waals surface area contributed by atoms with Crippen LogP contribution in [0.25, 0.3) is 0 Å². The summed E-state index contributed by atoms with van der Waals surface area (Å²) < 4.78 is 23.3. The van der Waals surface area contributed by atoms with E-state index in [0.717, 1.165) is 17.6 Å². The third-order valence-electron chi connectivity index (χ3n) is 3.53. The first-order valence-electron chi connectivity index (χ1n) is 6.80. The number of carbonyl (C=O) groups excluding carboxylic acids is 1. The Bertz CT molecular complexity index is 593. The quantitative estimate of drug-likeness (QED) is 0.795. The Kier molecular flexibility index (Phi) is 5.40. The second kappa shape index (κ2) is 6.89. The highest BCUT2D eigenvalue weighted by Crippen LogP contribution is 2.13. The van der Waals surface area contributed by atoms with Gasteiger partial charge in [0.1, 0.15) is 9.84 Å². The van der Waals surface area contributed by atoms with Gasteiger partial charge < -0.3 is 4.90 Å². The van der Waals surface area contributed by atoms with Crippen molar-refractivity contribution in [3.05, 3.63) is 34.3 Å². The Morgan fingerprint density at radius 2 is 1.71 bits per heavy atom. The van der Waals surface area contributed by atoms with Crippen LogP contribution >= 0.6 is 15.9 Å². The summed E-state index contributed by atoms with van der Waals surface area (Å²) in [6.07, 6.45) is 1.25. The molecule has 1 amide bonds. The Balaban J connectivity index is 1.86. The van der Waals surface area contributed by atoms with Crippen LogP contribution in [0.3, 0.4) is 0 Å². The molecule has 0 unspecified atom stereocenters. The van der Waals surface area contributed by atoms with Crippen molar-refractivity contribution in [2.24, 2.45) is 0 Å². The van der Waals surface area contributed by atoms with Crippen molar-refractivity contribution in [3.8, 4) is 0 Å². The fourth-order valence-electron chi connectivity index (χ4n) is 2.24. The lowest BCUT2D eigenvalue weighted by Crippen LogP contribution is -2.49. The monoisotopic (exact) mass is 374 g/mol. The first-order chi connectivity index (χ1) is 9.85. The van der Waals surface area contributed by atoms with Gasteiger partial charge in [-0.05, 0) is 24.3 Å². The molecule has 0 aromatic heterocycles. The molecule has 1 saturated heterocycles. The summed E-state index contributed by atoms with van der Waals surface area (Å²) in [5.74, 6) is 0.207. The van der Waals surface area contributed by atoms with Gasteiger partial charge in [0.15, 0.2) is 0 Å². The van der Waals surface area contributed by atoms with Crippen molar-refractivity contribution >= 4 is 31.7 Å². The van der Waals surface area contributed by atoms with Crippen molar-refractivity contribution in [2.45, 2.75) is 0 Å². The molecule has 0 aliphatic carbocycles. The maximum Gasteiger partial charge on any atom is 0.253 e. The maximum atomic E-state index is 12.3. The number of hydrogen-bond donors (Lipinski definition) is 0. The molecular weight excluding hydrogens is 356 g/mol. The first kappa shape index (κ1) is 16.5. The molecule has 1 fully saturated rings. The third-order valence-corrected chi connectivity index (χ3v) is 4.98. The van der Waals surface area contributed by atoms with Crippen LogP contribution in [0, 0.1) is 0 Å². The summed E-state index contributed by atoms with van der Waals surface area (Å²) in [4.78, 5) is 16.2. The first-order valence-corrected chi connectivity index (χ1v) is 9.65. The number of rotatable bonds is 4. The summed E-state index contributed by atoms with van der Waals surface area (Å²) in [7, 11) is -2.93. The standard InChI is InChI=1S/C14H19BrN2O3S/c1-21(19,20)11-10-16-6-8-17(9-7-16)14(18)12-2-4-13(15)5-3-12/h2-5H,6-11H2,1H3. The van der Waals surface area contributed by atoms with Crippen LogP contribution in [-0.4, -0.2) is 68.9 Å². The van der Waals surface area contributed by atoms with Crippen LogP contribution in [0.15, 0.2) is 28.7 Å². The Morgan fingerprint density at radius 1 is 1.14 bits per heavy atom. The van der Waals surface area contributed by atoms with E-state index < -0.39 is 9.84 Å². The van der Waals surface area contributed by atoms with Crippen LogP contribution in [0.1, 0.15) is 10.4 Å². The summed E-state index contributed by atoms with van der Waals surface area (Å²) in [6, 6.07) is 7.33. The highest BCUT2D eigenvalue weighted by Gasteiger charge is 2.22. The average molecular weight is 375 g/mol. The number of sulfone groups is 1. The topological polar surface area (TPSA) is 57.7 Å². The zero-order valence-electron chi connectivity index (χ0n) is 12.0. The molecule has 1 aromatic carbocycles. The van der Waals surface area contributed by atoms with Gasteiger partial charge in [0, 0.05) is 49.0 Å². The summed E-state index contributed by atoms with van der Waals surface area (Å²) in [5.41, 5.74) is 0.683. The van der Waals surface area contributed by atoms with Gasteiger partial charge in [-0.1, -0.05) is 15.9 Å². The van der Waals surface area contributed by atoms with Crippen LogP contribution in [0.2, 0.25) is 0 Å². The van der Waals surface area contributed by atoms with E-state index >= 15 is 0 Å². The molecule has 0 spiro atoms. The number of amides is 1. The molecule has 5 nitrogen and oxygen atoms in total. The lowest BCUT2D eigenvalue weighted by atomic mass is 10.2. The second-order valence-electron chi connectivity index (χ2n) is 5.27. The van der Waals surface area contributed by atoms with E-state index in [4.69, 9.17) is 0 Å². The largest absolute Gasteiger partial charge is 0.336 e. The van der Waals surface area contributed by atoms with Gasteiger partial charge in [0.05, 0.1) is 5.75 Å². The van der Waals surface area contributed by atoms with E-state index in [9.17, 15) is 13.2 Å². The predicted molar refractivity (Wildman–Crippen MR) is 86.2 cm³/mol. The van der Waals surface area contributed by atoms with Crippen molar-refractivity contribution in [3.63, 3.8) is 0 Å². The zero-order valence-corrected chi connectivity index (χ0v) is 14.4. The van der Waals surface area contributed by atoms with Gasteiger partial charge in [-0.25, -0.2) is 8.42 Å². The fraction of sp³-hybridized carbons (Fsp3) is 0.500. The lowest BCUT2D eigenvalue weighted by molar-refractivity contribution is 0.0644. The van der Waals surface area contributed by atoms with E-state index in [1.54, 1.807) is 0 Å². The fourth-order valence-corrected chi connectivity index (χ4v) is 3.10. The Hall–Kier alpha value is -0.920. The molecule has 1 aliphatic heterocycles. The van der Waals surface area contributed by atoms with Crippen molar-refractivity contribution in [1.29, 1.82) is 0 Å². The molecule has 0 radical (unpaired) electrons.